The molecule has 0 bridgehead atoms. The molecule has 1 atom stereocenters. The number of hydrogen-bond donors (Lipinski definition) is 2. The molecule has 142 valence electrons. The van der Waals surface area contributed by atoms with Gasteiger partial charge in [-0.05, 0) is 18.4 Å². The van der Waals surface area contributed by atoms with Crippen molar-refractivity contribution in [2.24, 2.45) is 0 Å². The third kappa shape index (κ3) is 4.43. The number of aliphatic hydroxyl groups excluding tert-OH is 1. The highest BCUT2D eigenvalue weighted by atomic mass is 16.5. The minimum absolute atomic E-state index is 0.0266. The Morgan fingerprint density at radius 3 is 2.42 bits per heavy atom. The first-order chi connectivity index (χ1) is 12.6. The number of rotatable bonds is 6. The van der Waals surface area contributed by atoms with Crippen LogP contribution in [0.5, 0.6) is 0 Å². The molecule has 1 saturated carbocycles. The number of nitrogens with one attached hydrogen (secondary N) is 1. The number of amides is 3. The zero-order valence-corrected chi connectivity index (χ0v) is 15.2. The lowest BCUT2D eigenvalue weighted by Crippen LogP contribution is -2.48. The first-order valence-corrected chi connectivity index (χ1v) is 9.55. The Bertz CT molecular complexity index is 611. The molecule has 6 nitrogen and oxygen atoms in total. The first kappa shape index (κ1) is 18.9. The number of carbonyl (C=O) groups excluding carboxylic acids is 2. The van der Waals surface area contributed by atoms with Crippen molar-refractivity contribution in [1.82, 2.24) is 10.2 Å². The molecule has 1 aromatic rings. The number of β-amino-alcohol motifs (C(OH)–C–C–N with tert-alkyl or cyclic N) is 1. The summed E-state index contributed by atoms with van der Waals surface area (Å²) in [5.74, 6) is -0.188. The monoisotopic (exact) mass is 360 g/mol. The number of urea groups is 1. The maximum Gasteiger partial charge on any atom is 0.325 e. The van der Waals surface area contributed by atoms with Gasteiger partial charge < -0.3 is 15.2 Å². The highest BCUT2D eigenvalue weighted by Gasteiger charge is 2.50. The van der Waals surface area contributed by atoms with E-state index in [4.69, 9.17) is 4.74 Å². The number of hydrogen-bond acceptors (Lipinski definition) is 4. The lowest BCUT2D eigenvalue weighted by atomic mass is 9.84. The summed E-state index contributed by atoms with van der Waals surface area (Å²) < 4.78 is 5.52. The summed E-state index contributed by atoms with van der Waals surface area (Å²) in [6.07, 6.45) is 5.77. The Balaban J connectivity index is 1.52. The van der Waals surface area contributed by atoms with Crippen molar-refractivity contribution in [3.8, 4) is 0 Å². The molecular formula is C20H28N2O4. The fourth-order valence-electron chi connectivity index (χ4n) is 3.84. The average Bonchev–Trinajstić information content (AvgIpc) is 2.84. The van der Waals surface area contributed by atoms with E-state index in [9.17, 15) is 14.7 Å². The fraction of sp³-hybridized carbons (Fsp3) is 0.600. The van der Waals surface area contributed by atoms with Gasteiger partial charge in [-0.1, -0.05) is 62.4 Å². The third-order valence-corrected chi connectivity index (χ3v) is 5.27. The van der Waals surface area contributed by atoms with Crippen molar-refractivity contribution in [3.05, 3.63) is 35.9 Å². The molecule has 6 heteroatoms. The largest absolute Gasteiger partial charge is 0.389 e. The Kier molecular flexibility index (Phi) is 6.27. The zero-order chi connectivity index (χ0) is 18.4. The molecule has 1 spiro atoms. The van der Waals surface area contributed by atoms with E-state index in [0.717, 1.165) is 36.1 Å². The summed E-state index contributed by atoms with van der Waals surface area (Å²) in [4.78, 5) is 26.4. The van der Waals surface area contributed by atoms with Crippen molar-refractivity contribution in [1.29, 1.82) is 0 Å². The van der Waals surface area contributed by atoms with E-state index in [1.54, 1.807) is 0 Å². The normalized spacial score (nSPS) is 21.3. The fourth-order valence-corrected chi connectivity index (χ4v) is 3.84. The van der Waals surface area contributed by atoms with Gasteiger partial charge in [-0.2, -0.15) is 0 Å². The molecule has 2 N–H and O–H groups in total. The number of imide groups is 1. The van der Waals surface area contributed by atoms with Crippen LogP contribution in [0.4, 0.5) is 4.79 Å². The summed E-state index contributed by atoms with van der Waals surface area (Å²) in [7, 11) is 0. The van der Waals surface area contributed by atoms with Crippen LogP contribution in [0.3, 0.4) is 0 Å². The van der Waals surface area contributed by atoms with E-state index < -0.39 is 17.7 Å². The Labute approximate surface area is 154 Å². The van der Waals surface area contributed by atoms with E-state index in [-0.39, 0.29) is 19.1 Å². The van der Waals surface area contributed by atoms with Gasteiger partial charge in [0, 0.05) is 0 Å². The van der Waals surface area contributed by atoms with Crippen LogP contribution in [0.15, 0.2) is 30.3 Å². The minimum Gasteiger partial charge on any atom is -0.389 e. The van der Waals surface area contributed by atoms with Crippen LogP contribution in [-0.2, 0) is 16.1 Å². The molecule has 1 saturated heterocycles. The number of benzene rings is 1. The van der Waals surface area contributed by atoms with Gasteiger partial charge in [0.25, 0.3) is 5.91 Å². The molecule has 0 radical (unpaired) electrons. The molecule has 0 aromatic heterocycles. The smallest absolute Gasteiger partial charge is 0.325 e. The summed E-state index contributed by atoms with van der Waals surface area (Å²) in [6.45, 7) is 0.447. The second-order valence-electron chi connectivity index (χ2n) is 7.35. The SMILES string of the molecule is O=C1NC2(CCCCCCC2)C(=O)N1CC(O)COCc1ccccc1. The van der Waals surface area contributed by atoms with E-state index >= 15 is 0 Å². The quantitative estimate of drug-likeness (QED) is 0.765. The van der Waals surface area contributed by atoms with Gasteiger partial charge in [0.15, 0.2) is 0 Å². The number of aliphatic hydroxyl groups is 1. The molecule has 3 amide bonds. The lowest BCUT2D eigenvalue weighted by molar-refractivity contribution is -0.133. The van der Waals surface area contributed by atoms with Gasteiger partial charge in [-0.25, -0.2) is 4.79 Å². The second-order valence-corrected chi connectivity index (χ2v) is 7.35. The number of ether oxygens (including phenoxy) is 1. The number of nitrogens with zero attached hydrogens (tertiary/aromatic N) is 1. The van der Waals surface area contributed by atoms with E-state index in [1.165, 1.54) is 6.42 Å². The van der Waals surface area contributed by atoms with E-state index in [0.29, 0.717) is 19.4 Å². The highest BCUT2D eigenvalue weighted by molar-refractivity contribution is 6.07. The maximum atomic E-state index is 12.9. The Morgan fingerprint density at radius 1 is 1.08 bits per heavy atom. The van der Waals surface area contributed by atoms with Crippen LogP contribution in [0, 0.1) is 0 Å². The molecule has 1 aliphatic heterocycles. The van der Waals surface area contributed by atoms with Crippen LogP contribution in [0.25, 0.3) is 0 Å². The summed E-state index contributed by atoms with van der Waals surface area (Å²) in [5.41, 5.74) is 0.255. The van der Waals surface area contributed by atoms with Crippen molar-refractivity contribution in [2.45, 2.75) is 63.2 Å². The summed E-state index contributed by atoms with van der Waals surface area (Å²) in [6, 6.07) is 9.29. The maximum absolute atomic E-state index is 12.9. The van der Waals surface area contributed by atoms with Gasteiger partial charge >= 0.3 is 6.03 Å². The van der Waals surface area contributed by atoms with Crippen molar-refractivity contribution in [3.63, 3.8) is 0 Å². The minimum atomic E-state index is -0.892. The van der Waals surface area contributed by atoms with Gasteiger partial charge in [0.2, 0.25) is 0 Å². The molecule has 1 aliphatic carbocycles. The van der Waals surface area contributed by atoms with Gasteiger partial charge in [-0.3, -0.25) is 9.69 Å². The molecule has 2 aliphatic rings. The second kappa shape index (κ2) is 8.64. The summed E-state index contributed by atoms with van der Waals surface area (Å²) >= 11 is 0. The molecular weight excluding hydrogens is 332 g/mol. The number of carbonyl (C=O) groups is 2. The van der Waals surface area contributed by atoms with Crippen molar-refractivity contribution >= 4 is 11.9 Å². The molecule has 2 fully saturated rings. The topological polar surface area (TPSA) is 78.9 Å². The molecule has 1 unspecified atom stereocenters. The van der Waals surface area contributed by atoms with Crippen LogP contribution in [0.2, 0.25) is 0 Å². The van der Waals surface area contributed by atoms with E-state index in [1.807, 2.05) is 30.3 Å². The lowest BCUT2D eigenvalue weighted by Gasteiger charge is -2.28. The van der Waals surface area contributed by atoms with Crippen LogP contribution < -0.4 is 5.32 Å². The predicted octanol–water partition coefficient (Wildman–Crippen LogP) is 2.60. The van der Waals surface area contributed by atoms with E-state index in [2.05, 4.69) is 5.32 Å². The molecule has 26 heavy (non-hydrogen) atoms. The molecule has 3 rings (SSSR count). The average molecular weight is 360 g/mol. The Morgan fingerprint density at radius 2 is 1.73 bits per heavy atom. The van der Waals surface area contributed by atoms with Crippen LogP contribution >= 0.6 is 0 Å². The van der Waals surface area contributed by atoms with Gasteiger partial charge in [-0.15, -0.1) is 0 Å². The van der Waals surface area contributed by atoms with Crippen molar-refractivity contribution in [2.75, 3.05) is 13.2 Å². The zero-order valence-electron chi connectivity index (χ0n) is 15.2. The Hall–Kier alpha value is -1.92. The van der Waals surface area contributed by atoms with Crippen LogP contribution in [0.1, 0.15) is 50.5 Å². The molecule has 1 aromatic carbocycles. The molecule has 1 heterocycles. The first-order valence-electron chi connectivity index (χ1n) is 9.55. The van der Waals surface area contributed by atoms with Crippen molar-refractivity contribution < 1.29 is 19.4 Å². The highest BCUT2D eigenvalue weighted by Crippen LogP contribution is 2.32. The van der Waals surface area contributed by atoms with Gasteiger partial charge in [0.05, 0.1) is 25.9 Å². The van der Waals surface area contributed by atoms with Gasteiger partial charge in [0.1, 0.15) is 5.54 Å². The summed E-state index contributed by atoms with van der Waals surface area (Å²) in [5, 5.41) is 13.1. The van der Waals surface area contributed by atoms with Crippen LogP contribution in [-0.4, -0.2) is 46.7 Å². The third-order valence-electron chi connectivity index (χ3n) is 5.27. The standard InChI is InChI=1S/C20H28N2O4/c23-17(15-26-14-16-9-5-4-6-10-16)13-22-18(24)20(21-19(22)25)11-7-2-1-3-8-12-20/h4-6,9-10,17,23H,1-3,7-8,11-15H2,(H,21,25). The predicted molar refractivity (Wildman–Crippen MR) is 97.4 cm³/mol.